The first-order valence-electron chi connectivity index (χ1n) is 6.14. The monoisotopic (exact) mass is 308 g/mol. The van der Waals surface area contributed by atoms with Gasteiger partial charge < -0.3 is 10.2 Å². The number of hydrogen-bond acceptors (Lipinski definition) is 3. The van der Waals surface area contributed by atoms with Gasteiger partial charge in [-0.25, -0.2) is 0 Å². The van der Waals surface area contributed by atoms with Gasteiger partial charge in [0.2, 0.25) is 5.91 Å². The van der Waals surface area contributed by atoms with Gasteiger partial charge in [-0.05, 0) is 18.9 Å². The molecule has 0 aliphatic carbocycles. The first kappa shape index (κ1) is 18.2. The highest BCUT2D eigenvalue weighted by Crippen LogP contribution is 2.08. The van der Waals surface area contributed by atoms with Crippen molar-refractivity contribution in [2.45, 2.75) is 25.8 Å². The van der Waals surface area contributed by atoms with Crippen LogP contribution in [0.1, 0.15) is 18.9 Å². The largest absolute Gasteiger partial charge is 0.337 e. The maximum atomic E-state index is 12.1. The number of halogens is 2. The topological polar surface area (TPSA) is 50.2 Å². The van der Waals surface area contributed by atoms with Crippen LogP contribution in [0.5, 0.6) is 0 Å². The van der Waals surface area contributed by atoms with Crippen molar-refractivity contribution in [2.24, 2.45) is 7.05 Å². The zero-order valence-corrected chi connectivity index (χ0v) is 13.0. The Kier molecular flexibility index (Phi) is 8.06. The third-order valence-electron chi connectivity index (χ3n) is 3.21. The Morgan fingerprint density at radius 2 is 2.26 bits per heavy atom. The van der Waals surface area contributed by atoms with E-state index in [-0.39, 0.29) is 30.7 Å². The van der Waals surface area contributed by atoms with Crippen LogP contribution >= 0.6 is 24.8 Å². The summed E-state index contributed by atoms with van der Waals surface area (Å²) in [7, 11) is 1.89. The van der Waals surface area contributed by atoms with Gasteiger partial charge in [0.05, 0.1) is 6.20 Å². The van der Waals surface area contributed by atoms with E-state index in [2.05, 4.69) is 17.3 Å². The lowest BCUT2D eigenvalue weighted by Crippen LogP contribution is -2.52. The van der Waals surface area contributed by atoms with Gasteiger partial charge >= 0.3 is 0 Å². The molecule has 1 saturated heterocycles. The normalized spacial score (nSPS) is 18.4. The molecule has 0 radical (unpaired) electrons. The molecule has 0 spiro atoms. The third-order valence-corrected chi connectivity index (χ3v) is 3.21. The molecule has 1 aromatic rings. The molecule has 0 aromatic carbocycles. The van der Waals surface area contributed by atoms with Crippen molar-refractivity contribution in [2.75, 3.05) is 19.6 Å². The first-order valence-corrected chi connectivity index (χ1v) is 6.14. The van der Waals surface area contributed by atoms with Crippen LogP contribution in [0, 0.1) is 0 Å². The molecular formula is C12H22Cl2N4O. The van der Waals surface area contributed by atoms with Crippen LogP contribution in [0.3, 0.4) is 0 Å². The number of hydrogen-bond donors (Lipinski definition) is 1. The predicted molar refractivity (Wildman–Crippen MR) is 80.1 cm³/mol. The van der Waals surface area contributed by atoms with Crippen molar-refractivity contribution in [3.05, 3.63) is 18.0 Å². The zero-order valence-electron chi connectivity index (χ0n) is 11.3. The minimum atomic E-state index is 0. The van der Waals surface area contributed by atoms with E-state index < -0.39 is 0 Å². The van der Waals surface area contributed by atoms with E-state index in [1.165, 1.54) is 0 Å². The first-order chi connectivity index (χ1) is 8.16. The van der Waals surface area contributed by atoms with Gasteiger partial charge in [-0.1, -0.05) is 0 Å². The fourth-order valence-electron chi connectivity index (χ4n) is 2.21. The van der Waals surface area contributed by atoms with Crippen LogP contribution in [0.25, 0.3) is 0 Å². The molecule has 0 bridgehead atoms. The van der Waals surface area contributed by atoms with Crippen LogP contribution in [-0.4, -0.2) is 46.3 Å². The summed E-state index contributed by atoms with van der Waals surface area (Å²) in [5, 5.41) is 7.39. The quantitative estimate of drug-likeness (QED) is 0.907. The van der Waals surface area contributed by atoms with E-state index in [0.29, 0.717) is 12.5 Å². The standard InChI is InChI=1S/C12H20N4O.2ClH/c1-10-7-13-5-6-16(10)12(17)4-3-11-8-14-15(2)9-11;;/h8-10,13H,3-7H2,1-2H3;2*1H/t10-;;/m1../s1. The SMILES string of the molecule is C[C@@H]1CNCCN1C(=O)CCc1cnn(C)c1.Cl.Cl. The Balaban J connectivity index is 0.00000162. The molecule has 2 heterocycles. The van der Waals surface area contributed by atoms with Gasteiger partial charge in [-0.15, -0.1) is 24.8 Å². The molecule has 1 N–H and O–H groups in total. The van der Waals surface area contributed by atoms with E-state index in [0.717, 1.165) is 31.6 Å². The van der Waals surface area contributed by atoms with Gasteiger partial charge in [0, 0.05) is 45.3 Å². The van der Waals surface area contributed by atoms with Crippen molar-refractivity contribution in [1.82, 2.24) is 20.0 Å². The van der Waals surface area contributed by atoms with Gasteiger partial charge in [-0.3, -0.25) is 9.48 Å². The van der Waals surface area contributed by atoms with Crippen molar-refractivity contribution in [3.63, 3.8) is 0 Å². The number of carbonyl (C=O) groups is 1. The van der Waals surface area contributed by atoms with E-state index in [9.17, 15) is 4.79 Å². The van der Waals surface area contributed by atoms with Crippen LogP contribution < -0.4 is 5.32 Å². The smallest absolute Gasteiger partial charge is 0.223 e. The molecule has 2 rings (SSSR count). The second-order valence-corrected chi connectivity index (χ2v) is 4.66. The highest BCUT2D eigenvalue weighted by Gasteiger charge is 2.22. The summed E-state index contributed by atoms with van der Waals surface area (Å²) in [4.78, 5) is 14.0. The van der Waals surface area contributed by atoms with E-state index in [1.54, 1.807) is 4.68 Å². The summed E-state index contributed by atoms with van der Waals surface area (Å²) in [6.07, 6.45) is 5.16. The average molecular weight is 309 g/mol. The number of aromatic nitrogens is 2. The lowest BCUT2D eigenvalue weighted by molar-refractivity contribution is -0.133. The van der Waals surface area contributed by atoms with Crippen LogP contribution in [0.4, 0.5) is 0 Å². The maximum absolute atomic E-state index is 12.1. The van der Waals surface area contributed by atoms with Crippen molar-refractivity contribution >= 4 is 30.7 Å². The predicted octanol–water partition coefficient (Wildman–Crippen LogP) is 1.02. The molecule has 7 heteroatoms. The minimum Gasteiger partial charge on any atom is -0.337 e. The second-order valence-electron chi connectivity index (χ2n) is 4.66. The number of nitrogens with zero attached hydrogens (tertiary/aromatic N) is 3. The molecule has 1 aliphatic heterocycles. The summed E-state index contributed by atoms with van der Waals surface area (Å²) in [5.74, 6) is 0.253. The Morgan fingerprint density at radius 1 is 1.53 bits per heavy atom. The number of piperazine rings is 1. The van der Waals surface area contributed by atoms with Crippen molar-refractivity contribution in [3.8, 4) is 0 Å². The Hall–Kier alpha value is -0.780. The Bertz CT molecular complexity index is 397. The Labute approximate surface area is 126 Å². The van der Waals surface area contributed by atoms with Gasteiger partial charge in [-0.2, -0.15) is 5.10 Å². The van der Waals surface area contributed by atoms with Gasteiger partial charge in [0.25, 0.3) is 0 Å². The second kappa shape index (κ2) is 8.40. The lowest BCUT2D eigenvalue weighted by Gasteiger charge is -2.34. The number of aryl methyl sites for hydroxylation is 2. The van der Waals surface area contributed by atoms with E-state index in [4.69, 9.17) is 0 Å². The molecule has 110 valence electrons. The fourth-order valence-corrected chi connectivity index (χ4v) is 2.21. The fraction of sp³-hybridized carbons (Fsp3) is 0.667. The highest BCUT2D eigenvalue weighted by molar-refractivity contribution is 5.85. The minimum absolute atomic E-state index is 0. The summed E-state index contributed by atoms with van der Waals surface area (Å²) < 4.78 is 1.77. The average Bonchev–Trinajstić information content (AvgIpc) is 2.73. The number of carbonyl (C=O) groups excluding carboxylic acids is 1. The number of nitrogens with one attached hydrogen (secondary N) is 1. The summed E-state index contributed by atoms with van der Waals surface area (Å²) >= 11 is 0. The van der Waals surface area contributed by atoms with Gasteiger partial charge in [0.15, 0.2) is 0 Å². The number of amides is 1. The van der Waals surface area contributed by atoms with E-state index >= 15 is 0 Å². The molecule has 0 saturated carbocycles. The molecule has 19 heavy (non-hydrogen) atoms. The zero-order chi connectivity index (χ0) is 12.3. The molecule has 1 atom stereocenters. The van der Waals surface area contributed by atoms with Crippen molar-refractivity contribution < 1.29 is 4.79 Å². The Morgan fingerprint density at radius 3 is 2.84 bits per heavy atom. The molecule has 5 nitrogen and oxygen atoms in total. The molecular weight excluding hydrogens is 287 g/mol. The highest BCUT2D eigenvalue weighted by atomic mass is 35.5. The molecule has 1 fully saturated rings. The van der Waals surface area contributed by atoms with Crippen LogP contribution in [-0.2, 0) is 18.3 Å². The molecule has 1 amide bonds. The number of rotatable bonds is 3. The van der Waals surface area contributed by atoms with E-state index in [1.807, 2.05) is 24.3 Å². The molecule has 1 aliphatic rings. The summed E-state index contributed by atoms with van der Waals surface area (Å²) in [5.41, 5.74) is 1.13. The maximum Gasteiger partial charge on any atom is 0.223 e. The molecule has 1 aromatic heterocycles. The van der Waals surface area contributed by atoms with Crippen LogP contribution in [0.15, 0.2) is 12.4 Å². The van der Waals surface area contributed by atoms with Crippen LogP contribution in [0.2, 0.25) is 0 Å². The summed E-state index contributed by atoms with van der Waals surface area (Å²) in [6, 6.07) is 0.310. The van der Waals surface area contributed by atoms with Gasteiger partial charge in [0.1, 0.15) is 0 Å². The third kappa shape index (κ3) is 5.01. The van der Waals surface area contributed by atoms with Crippen molar-refractivity contribution in [1.29, 1.82) is 0 Å². The molecule has 0 unspecified atom stereocenters. The summed E-state index contributed by atoms with van der Waals surface area (Å²) in [6.45, 7) is 4.72. The lowest BCUT2D eigenvalue weighted by atomic mass is 10.1.